The fourth-order valence-corrected chi connectivity index (χ4v) is 3.21. The fraction of sp³-hybridized carbons (Fsp3) is 0.333. The van der Waals surface area contributed by atoms with E-state index in [0.29, 0.717) is 17.7 Å². The van der Waals surface area contributed by atoms with E-state index in [1.165, 1.54) is 0 Å². The molecule has 6 nitrogen and oxygen atoms in total. The first kappa shape index (κ1) is 18.9. The average molecular weight is 367 g/mol. The van der Waals surface area contributed by atoms with Crippen LogP contribution in [0.1, 0.15) is 48.3 Å². The first-order valence-corrected chi connectivity index (χ1v) is 8.99. The maximum absolute atomic E-state index is 12.4. The van der Waals surface area contributed by atoms with Crippen LogP contribution in [0.15, 0.2) is 48.5 Å². The van der Waals surface area contributed by atoms with Crippen molar-refractivity contribution in [3.05, 3.63) is 65.2 Å². The zero-order valence-corrected chi connectivity index (χ0v) is 15.7. The summed E-state index contributed by atoms with van der Waals surface area (Å²) in [5.74, 6) is -0.202. The molecule has 0 bridgehead atoms. The number of carbonyl (C=O) groups excluding carboxylic acids is 2. The van der Waals surface area contributed by atoms with E-state index in [2.05, 4.69) is 16.0 Å². The molecule has 1 aliphatic carbocycles. The van der Waals surface area contributed by atoms with E-state index in [-0.39, 0.29) is 11.4 Å². The van der Waals surface area contributed by atoms with Gasteiger partial charge in [0.05, 0.1) is 12.1 Å². The van der Waals surface area contributed by atoms with Crippen molar-refractivity contribution in [2.24, 2.45) is 0 Å². The number of urea groups is 1. The number of rotatable bonds is 3. The maximum Gasteiger partial charge on any atom is 0.319 e. The van der Waals surface area contributed by atoms with Gasteiger partial charge in [0.2, 0.25) is 0 Å². The molecule has 4 N–H and O–H groups in total. The number of hydrogen-bond acceptors (Lipinski definition) is 3. The first-order valence-electron chi connectivity index (χ1n) is 8.99. The Bertz CT molecular complexity index is 858. The lowest BCUT2D eigenvalue weighted by Gasteiger charge is -2.21. The van der Waals surface area contributed by atoms with Crippen molar-refractivity contribution in [3.8, 4) is 0 Å². The number of aliphatic hydroxyl groups excluding tert-OH is 1. The third-order valence-electron chi connectivity index (χ3n) is 4.36. The molecule has 0 aliphatic heterocycles. The van der Waals surface area contributed by atoms with Gasteiger partial charge in [-0.2, -0.15) is 0 Å². The number of amides is 3. The van der Waals surface area contributed by atoms with Crippen molar-refractivity contribution in [2.75, 3.05) is 5.32 Å². The molecule has 142 valence electrons. The first-order chi connectivity index (χ1) is 12.7. The van der Waals surface area contributed by atoms with E-state index in [9.17, 15) is 14.7 Å². The van der Waals surface area contributed by atoms with Gasteiger partial charge >= 0.3 is 6.03 Å². The Balaban J connectivity index is 1.67. The summed E-state index contributed by atoms with van der Waals surface area (Å²) in [6, 6.07) is 13.5. The number of hydrogen-bond donors (Lipinski definition) is 4. The number of carbonyl (C=O) groups is 2. The monoisotopic (exact) mass is 367 g/mol. The van der Waals surface area contributed by atoms with Crippen LogP contribution in [0.5, 0.6) is 0 Å². The Hall–Kier alpha value is -2.86. The van der Waals surface area contributed by atoms with Crippen LogP contribution in [0.25, 0.3) is 0 Å². The zero-order valence-electron chi connectivity index (χ0n) is 15.7. The molecule has 2 atom stereocenters. The summed E-state index contributed by atoms with van der Waals surface area (Å²) in [7, 11) is 0. The predicted molar refractivity (Wildman–Crippen MR) is 105 cm³/mol. The van der Waals surface area contributed by atoms with Crippen molar-refractivity contribution < 1.29 is 14.7 Å². The third-order valence-corrected chi connectivity index (χ3v) is 4.36. The van der Waals surface area contributed by atoms with Gasteiger partial charge in [0, 0.05) is 23.2 Å². The second kappa shape index (κ2) is 7.40. The predicted octanol–water partition coefficient (Wildman–Crippen LogP) is 2.99. The molecular weight excluding hydrogens is 342 g/mol. The summed E-state index contributed by atoms with van der Waals surface area (Å²) in [6.07, 6.45) is -0.138. The fourth-order valence-electron chi connectivity index (χ4n) is 3.21. The highest BCUT2D eigenvalue weighted by molar-refractivity contribution is 5.97. The average Bonchev–Trinajstić information content (AvgIpc) is 2.89. The van der Waals surface area contributed by atoms with E-state index < -0.39 is 18.2 Å². The van der Waals surface area contributed by atoms with Crippen molar-refractivity contribution in [1.82, 2.24) is 10.6 Å². The smallest absolute Gasteiger partial charge is 0.319 e. The Labute approximate surface area is 159 Å². The molecule has 0 heterocycles. The van der Waals surface area contributed by atoms with Crippen LogP contribution < -0.4 is 16.0 Å². The molecule has 1 aliphatic rings. The molecule has 0 unspecified atom stereocenters. The summed E-state index contributed by atoms with van der Waals surface area (Å²) >= 11 is 0. The Morgan fingerprint density at radius 1 is 1.07 bits per heavy atom. The van der Waals surface area contributed by atoms with Crippen molar-refractivity contribution in [1.29, 1.82) is 0 Å². The van der Waals surface area contributed by atoms with Crippen molar-refractivity contribution in [2.45, 2.75) is 44.9 Å². The molecular formula is C21H25N3O3. The number of nitrogens with one attached hydrogen (secondary N) is 3. The highest BCUT2D eigenvalue weighted by Crippen LogP contribution is 2.31. The molecule has 3 amide bonds. The van der Waals surface area contributed by atoms with Gasteiger partial charge in [-0.05, 0) is 50.1 Å². The lowest BCUT2D eigenvalue weighted by molar-refractivity contribution is 0.0919. The largest absolute Gasteiger partial charge is 0.390 e. The molecule has 27 heavy (non-hydrogen) atoms. The second-order valence-corrected chi connectivity index (χ2v) is 7.83. The van der Waals surface area contributed by atoms with E-state index in [1.54, 1.807) is 24.3 Å². The Morgan fingerprint density at radius 3 is 2.56 bits per heavy atom. The van der Waals surface area contributed by atoms with Crippen LogP contribution in [0.3, 0.4) is 0 Å². The molecule has 0 saturated carbocycles. The van der Waals surface area contributed by atoms with Crippen LogP contribution in [0.2, 0.25) is 0 Å². The van der Waals surface area contributed by atoms with E-state index in [1.807, 2.05) is 45.0 Å². The summed E-state index contributed by atoms with van der Waals surface area (Å²) in [5, 5.41) is 18.7. The standard InChI is InChI=1S/C21H25N3O3/c1-21(2,3)24-19(26)14-8-6-9-15(11-14)22-20(27)23-18-16-10-5-4-7-13(16)12-17(18)25/h4-11,17-18,25H,12H2,1-3H3,(H,24,26)(H2,22,23,27)/t17-,18+/m0/s1. The Morgan fingerprint density at radius 2 is 1.81 bits per heavy atom. The van der Waals surface area contributed by atoms with E-state index in [4.69, 9.17) is 0 Å². The minimum atomic E-state index is -0.656. The molecule has 0 fully saturated rings. The van der Waals surface area contributed by atoms with Gasteiger partial charge in [0.15, 0.2) is 0 Å². The van der Waals surface area contributed by atoms with Gasteiger partial charge in [-0.25, -0.2) is 4.79 Å². The summed E-state index contributed by atoms with van der Waals surface area (Å²) < 4.78 is 0. The lowest BCUT2D eigenvalue weighted by Crippen LogP contribution is -2.40. The minimum absolute atomic E-state index is 0.202. The summed E-state index contributed by atoms with van der Waals surface area (Å²) in [5.41, 5.74) is 2.60. The van der Waals surface area contributed by atoms with Gasteiger partial charge in [-0.15, -0.1) is 0 Å². The van der Waals surface area contributed by atoms with E-state index >= 15 is 0 Å². The summed E-state index contributed by atoms with van der Waals surface area (Å²) in [6.45, 7) is 5.72. The SMILES string of the molecule is CC(C)(C)NC(=O)c1cccc(NC(=O)N[C@@H]2c3ccccc3C[C@@H]2O)c1. The minimum Gasteiger partial charge on any atom is -0.390 e. The van der Waals surface area contributed by atoms with Crippen LogP contribution in [-0.2, 0) is 6.42 Å². The molecule has 0 aromatic heterocycles. The topological polar surface area (TPSA) is 90.5 Å². The number of aliphatic hydroxyl groups is 1. The molecule has 2 aromatic carbocycles. The highest BCUT2D eigenvalue weighted by atomic mass is 16.3. The normalized spacial score (nSPS) is 18.5. The third kappa shape index (κ3) is 4.65. The number of fused-ring (bicyclic) bond motifs is 1. The molecule has 2 aromatic rings. The lowest BCUT2D eigenvalue weighted by atomic mass is 10.1. The number of benzene rings is 2. The second-order valence-electron chi connectivity index (χ2n) is 7.83. The van der Waals surface area contributed by atoms with Gasteiger partial charge in [0.25, 0.3) is 5.91 Å². The molecule has 0 spiro atoms. The van der Waals surface area contributed by atoms with E-state index in [0.717, 1.165) is 11.1 Å². The van der Waals surface area contributed by atoms with Crippen molar-refractivity contribution in [3.63, 3.8) is 0 Å². The van der Waals surface area contributed by atoms with Gasteiger partial charge in [-0.1, -0.05) is 30.3 Å². The van der Waals surface area contributed by atoms with Crippen LogP contribution in [0, 0.1) is 0 Å². The van der Waals surface area contributed by atoms with Gasteiger partial charge < -0.3 is 21.1 Å². The number of anilines is 1. The quantitative estimate of drug-likeness (QED) is 0.672. The molecule has 3 rings (SSSR count). The van der Waals surface area contributed by atoms with Crippen molar-refractivity contribution >= 4 is 17.6 Å². The Kier molecular flexibility index (Phi) is 5.19. The summed E-state index contributed by atoms with van der Waals surface area (Å²) in [4.78, 5) is 24.7. The zero-order chi connectivity index (χ0) is 19.6. The molecule has 0 radical (unpaired) electrons. The van der Waals surface area contributed by atoms with Crippen LogP contribution in [0.4, 0.5) is 10.5 Å². The van der Waals surface area contributed by atoms with Gasteiger partial charge in [-0.3, -0.25) is 4.79 Å². The maximum atomic E-state index is 12.4. The van der Waals surface area contributed by atoms with Crippen LogP contribution in [-0.4, -0.2) is 28.7 Å². The highest BCUT2D eigenvalue weighted by Gasteiger charge is 2.31. The molecule has 6 heteroatoms. The van der Waals surface area contributed by atoms with Crippen LogP contribution >= 0.6 is 0 Å². The molecule has 0 saturated heterocycles. The van der Waals surface area contributed by atoms with Gasteiger partial charge in [0.1, 0.15) is 0 Å².